The molecule has 0 aromatic carbocycles. The first-order chi connectivity index (χ1) is 7.78. The predicted octanol–water partition coefficient (Wildman–Crippen LogP) is 2.45. The SMILES string of the molecule is CCC1CCC(CN2CCN(C)CC2)CC1. The summed E-state index contributed by atoms with van der Waals surface area (Å²) in [6.07, 6.45) is 7.38. The van der Waals surface area contributed by atoms with Gasteiger partial charge in [-0.3, -0.25) is 0 Å². The Labute approximate surface area is 101 Å². The molecule has 1 saturated carbocycles. The van der Waals surface area contributed by atoms with Gasteiger partial charge >= 0.3 is 0 Å². The zero-order chi connectivity index (χ0) is 11.4. The highest BCUT2D eigenvalue weighted by molar-refractivity contribution is 4.77. The van der Waals surface area contributed by atoms with Crippen LogP contribution in [-0.4, -0.2) is 49.6 Å². The maximum absolute atomic E-state index is 2.69. The van der Waals surface area contributed by atoms with Gasteiger partial charge in [0.1, 0.15) is 0 Å². The summed E-state index contributed by atoms with van der Waals surface area (Å²) in [5.74, 6) is 2.05. The van der Waals surface area contributed by atoms with Gasteiger partial charge in [-0.25, -0.2) is 0 Å². The molecule has 0 N–H and O–H groups in total. The first-order valence-corrected chi connectivity index (χ1v) is 7.18. The van der Waals surface area contributed by atoms with Crippen LogP contribution >= 0.6 is 0 Å². The van der Waals surface area contributed by atoms with Crippen LogP contribution in [0.3, 0.4) is 0 Å². The highest BCUT2D eigenvalue weighted by Gasteiger charge is 2.23. The van der Waals surface area contributed by atoms with Gasteiger partial charge in [0.25, 0.3) is 0 Å². The molecule has 0 aromatic heterocycles. The number of likely N-dealkylation sites (N-methyl/N-ethyl adjacent to an activating group) is 1. The topological polar surface area (TPSA) is 6.48 Å². The fourth-order valence-electron chi connectivity index (χ4n) is 3.22. The van der Waals surface area contributed by atoms with Crippen molar-refractivity contribution in [1.82, 2.24) is 9.80 Å². The highest BCUT2D eigenvalue weighted by atomic mass is 15.2. The highest BCUT2D eigenvalue weighted by Crippen LogP contribution is 2.31. The Morgan fingerprint density at radius 2 is 1.44 bits per heavy atom. The molecule has 1 aliphatic carbocycles. The van der Waals surface area contributed by atoms with Crippen molar-refractivity contribution in [3.63, 3.8) is 0 Å². The van der Waals surface area contributed by atoms with Crippen LogP contribution in [0, 0.1) is 11.8 Å². The summed E-state index contributed by atoms with van der Waals surface area (Å²) in [5, 5.41) is 0. The molecule has 0 bridgehead atoms. The third kappa shape index (κ3) is 3.46. The van der Waals surface area contributed by atoms with Crippen molar-refractivity contribution < 1.29 is 0 Å². The monoisotopic (exact) mass is 224 g/mol. The van der Waals surface area contributed by atoms with E-state index in [-0.39, 0.29) is 0 Å². The van der Waals surface area contributed by atoms with E-state index in [4.69, 9.17) is 0 Å². The van der Waals surface area contributed by atoms with Crippen LogP contribution in [-0.2, 0) is 0 Å². The van der Waals surface area contributed by atoms with E-state index in [1.807, 2.05) is 0 Å². The zero-order valence-corrected chi connectivity index (χ0v) is 11.1. The molecule has 0 radical (unpaired) electrons. The molecule has 0 atom stereocenters. The average molecular weight is 224 g/mol. The average Bonchev–Trinajstić information content (AvgIpc) is 2.33. The molecule has 2 rings (SSSR count). The van der Waals surface area contributed by atoms with E-state index >= 15 is 0 Å². The molecule has 1 saturated heterocycles. The summed E-state index contributed by atoms with van der Waals surface area (Å²) in [4.78, 5) is 5.14. The van der Waals surface area contributed by atoms with Crippen molar-refractivity contribution in [2.45, 2.75) is 39.0 Å². The van der Waals surface area contributed by atoms with Crippen LogP contribution in [0.1, 0.15) is 39.0 Å². The van der Waals surface area contributed by atoms with E-state index in [0.29, 0.717) is 0 Å². The minimum atomic E-state index is 1.01. The van der Waals surface area contributed by atoms with Gasteiger partial charge in [-0.15, -0.1) is 0 Å². The maximum atomic E-state index is 2.69. The van der Waals surface area contributed by atoms with Gasteiger partial charge in [0.15, 0.2) is 0 Å². The molecule has 2 fully saturated rings. The van der Waals surface area contributed by atoms with Crippen LogP contribution in [0.15, 0.2) is 0 Å². The molecule has 0 aromatic rings. The molecule has 1 heterocycles. The van der Waals surface area contributed by atoms with Crippen LogP contribution in [0.2, 0.25) is 0 Å². The molecule has 2 heteroatoms. The van der Waals surface area contributed by atoms with E-state index in [2.05, 4.69) is 23.8 Å². The number of nitrogens with zero attached hydrogens (tertiary/aromatic N) is 2. The van der Waals surface area contributed by atoms with Gasteiger partial charge in [0.05, 0.1) is 0 Å². The van der Waals surface area contributed by atoms with E-state index in [9.17, 15) is 0 Å². The molecule has 1 aliphatic heterocycles. The quantitative estimate of drug-likeness (QED) is 0.726. The second kappa shape index (κ2) is 6.02. The van der Waals surface area contributed by atoms with Gasteiger partial charge in [0, 0.05) is 32.7 Å². The Hall–Kier alpha value is -0.0800. The molecule has 0 spiro atoms. The normalized spacial score (nSPS) is 34.1. The Kier molecular flexibility index (Phi) is 4.66. The van der Waals surface area contributed by atoms with Gasteiger partial charge in [-0.05, 0) is 31.7 Å². The summed E-state index contributed by atoms with van der Waals surface area (Å²) in [6.45, 7) is 8.86. The lowest BCUT2D eigenvalue weighted by atomic mass is 9.80. The van der Waals surface area contributed by atoms with Crippen LogP contribution in [0.25, 0.3) is 0 Å². The molecule has 94 valence electrons. The van der Waals surface area contributed by atoms with Gasteiger partial charge in [-0.1, -0.05) is 26.2 Å². The lowest BCUT2D eigenvalue weighted by Crippen LogP contribution is -2.46. The van der Waals surface area contributed by atoms with Crippen LogP contribution in [0.4, 0.5) is 0 Å². The molecular formula is C14H28N2. The van der Waals surface area contributed by atoms with Crippen molar-refractivity contribution in [3.8, 4) is 0 Å². The van der Waals surface area contributed by atoms with Crippen molar-refractivity contribution >= 4 is 0 Å². The second-order valence-electron chi connectivity index (χ2n) is 5.90. The third-order valence-electron chi connectivity index (χ3n) is 4.66. The number of hydrogen-bond acceptors (Lipinski definition) is 2. The van der Waals surface area contributed by atoms with Gasteiger partial charge in [0.2, 0.25) is 0 Å². The molecule has 0 amide bonds. The lowest BCUT2D eigenvalue weighted by Gasteiger charge is -2.36. The fraction of sp³-hybridized carbons (Fsp3) is 1.00. The minimum Gasteiger partial charge on any atom is -0.304 e. The van der Waals surface area contributed by atoms with Crippen LogP contribution in [0.5, 0.6) is 0 Å². The molecule has 2 aliphatic rings. The Bertz CT molecular complexity index is 189. The number of hydrogen-bond donors (Lipinski definition) is 0. The Morgan fingerprint density at radius 3 is 2.00 bits per heavy atom. The smallest absolute Gasteiger partial charge is 0.0110 e. The predicted molar refractivity (Wildman–Crippen MR) is 69.7 cm³/mol. The standard InChI is InChI=1S/C14H28N2/c1-3-13-4-6-14(7-5-13)12-16-10-8-15(2)9-11-16/h13-14H,3-12H2,1-2H3. The molecule has 16 heavy (non-hydrogen) atoms. The molecular weight excluding hydrogens is 196 g/mol. The lowest BCUT2D eigenvalue weighted by molar-refractivity contribution is 0.118. The molecule has 0 unspecified atom stereocenters. The van der Waals surface area contributed by atoms with Crippen molar-refractivity contribution in [3.05, 3.63) is 0 Å². The van der Waals surface area contributed by atoms with E-state index in [1.54, 1.807) is 0 Å². The third-order valence-corrected chi connectivity index (χ3v) is 4.66. The zero-order valence-electron chi connectivity index (χ0n) is 11.1. The van der Waals surface area contributed by atoms with Crippen molar-refractivity contribution in [2.24, 2.45) is 11.8 Å². The first-order valence-electron chi connectivity index (χ1n) is 7.18. The fourth-order valence-corrected chi connectivity index (χ4v) is 3.22. The molecule has 2 nitrogen and oxygen atoms in total. The van der Waals surface area contributed by atoms with E-state index in [1.165, 1.54) is 64.8 Å². The van der Waals surface area contributed by atoms with E-state index < -0.39 is 0 Å². The van der Waals surface area contributed by atoms with E-state index in [0.717, 1.165) is 11.8 Å². The number of piperazine rings is 1. The maximum Gasteiger partial charge on any atom is 0.0110 e. The Morgan fingerprint density at radius 1 is 0.875 bits per heavy atom. The largest absolute Gasteiger partial charge is 0.304 e. The second-order valence-corrected chi connectivity index (χ2v) is 5.90. The van der Waals surface area contributed by atoms with Crippen molar-refractivity contribution in [2.75, 3.05) is 39.8 Å². The van der Waals surface area contributed by atoms with Crippen molar-refractivity contribution in [1.29, 1.82) is 0 Å². The summed E-state index contributed by atoms with van der Waals surface area (Å²) in [7, 11) is 2.24. The first kappa shape index (κ1) is 12.4. The summed E-state index contributed by atoms with van der Waals surface area (Å²) >= 11 is 0. The number of rotatable bonds is 3. The summed E-state index contributed by atoms with van der Waals surface area (Å²) in [5.41, 5.74) is 0. The summed E-state index contributed by atoms with van der Waals surface area (Å²) in [6, 6.07) is 0. The van der Waals surface area contributed by atoms with Crippen LogP contribution < -0.4 is 0 Å². The van der Waals surface area contributed by atoms with Gasteiger partial charge < -0.3 is 9.80 Å². The Balaban J connectivity index is 1.66. The minimum absolute atomic E-state index is 1.01. The van der Waals surface area contributed by atoms with Gasteiger partial charge in [-0.2, -0.15) is 0 Å². The summed E-state index contributed by atoms with van der Waals surface area (Å²) < 4.78 is 0.